The number of nitrogens with zero attached hydrogens (tertiary/aromatic N) is 1. The zero-order chi connectivity index (χ0) is 13.8. The fourth-order valence-corrected chi connectivity index (χ4v) is 3.66. The number of hydrogen-bond acceptors (Lipinski definition) is 3. The highest BCUT2D eigenvalue weighted by atomic mass is 35.5. The smallest absolute Gasteiger partial charge is 0.0469 e. The number of halogens is 1. The summed E-state index contributed by atoms with van der Waals surface area (Å²) in [4.78, 5) is 2.62. The summed E-state index contributed by atoms with van der Waals surface area (Å²) in [5.41, 5.74) is 1.37. The minimum Gasteiger partial charge on any atom is -0.381 e. The zero-order valence-corrected chi connectivity index (χ0v) is 12.6. The first kappa shape index (κ1) is 14.3. The van der Waals surface area contributed by atoms with Gasteiger partial charge in [0.1, 0.15) is 0 Å². The van der Waals surface area contributed by atoms with Crippen molar-refractivity contribution in [1.29, 1.82) is 0 Å². The molecule has 3 nitrogen and oxygen atoms in total. The van der Waals surface area contributed by atoms with Gasteiger partial charge in [-0.15, -0.1) is 0 Å². The molecule has 1 aromatic rings. The Morgan fingerprint density at radius 3 is 2.65 bits per heavy atom. The molecular weight excluding hydrogens is 272 g/mol. The van der Waals surface area contributed by atoms with Crippen LogP contribution in [0.15, 0.2) is 24.3 Å². The molecule has 2 heterocycles. The van der Waals surface area contributed by atoms with E-state index in [1.807, 2.05) is 6.07 Å². The second kappa shape index (κ2) is 6.90. The summed E-state index contributed by atoms with van der Waals surface area (Å²) in [6, 6.07) is 8.90. The molecule has 2 fully saturated rings. The highest BCUT2D eigenvalue weighted by Crippen LogP contribution is 2.36. The minimum absolute atomic E-state index is 0.486. The first-order chi connectivity index (χ1) is 9.84. The van der Waals surface area contributed by atoms with Gasteiger partial charge in [0.05, 0.1) is 0 Å². The lowest BCUT2D eigenvalue weighted by Crippen LogP contribution is -2.47. The van der Waals surface area contributed by atoms with Gasteiger partial charge in [0.25, 0.3) is 0 Å². The van der Waals surface area contributed by atoms with Gasteiger partial charge >= 0.3 is 0 Å². The maximum Gasteiger partial charge on any atom is 0.0469 e. The van der Waals surface area contributed by atoms with Gasteiger partial charge < -0.3 is 10.1 Å². The maximum atomic E-state index is 6.21. The minimum atomic E-state index is 0.486. The lowest BCUT2D eigenvalue weighted by Gasteiger charge is -2.41. The van der Waals surface area contributed by atoms with Crippen molar-refractivity contribution in [3.8, 4) is 0 Å². The van der Waals surface area contributed by atoms with Crippen LogP contribution in [0.2, 0.25) is 5.02 Å². The molecule has 1 N–H and O–H groups in total. The first-order valence-electron chi connectivity index (χ1n) is 7.62. The summed E-state index contributed by atoms with van der Waals surface area (Å²) in [5, 5.41) is 4.29. The maximum absolute atomic E-state index is 6.21. The van der Waals surface area contributed by atoms with E-state index in [0.717, 1.165) is 57.3 Å². The molecule has 3 rings (SSSR count). The van der Waals surface area contributed by atoms with Crippen LogP contribution in [-0.2, 0) is 4.74 Å². The van der Waals surface area contributed by atoms with Crippen molar-refractivity contribution in [2.75, 3.05) is 39.4 Å². The predicted octanol–water partition coefficient (Wildman–Crippen LogP) is 2.71. The Morgan fingerprint density at radius 2 is 1.95 bits per heavy atom. The molecule has 2 aliphatic heterocycles. The molecule has 0 amide bonds. The summed E-state index contributed by atoms with van der Waals surface area (Å²) in [6.07, 6.45) is 2.31. The van der Waals surface area contributed by atoms with Gasteiger partial charge in [0.15, 0.2) is 0 Å². The van der Waals surface area contributed by atoms with Crippen LogP contribution in [0.4, 0.5) is 0 Å². The predicted molar refractivity (Wildman–Crippen MR) is 82.2 cm³/mol. The van der Waals surface area contributed by atoms with E-state index in [1.54, 1.807) is 0 Å². The van der Waals surface area contributed by atoms with E-state index in [9.17, 15) is 0 Å². The van der Waals surface area contributed by atoms with E-state index in [-0.39, 0.29) is 0 Å². The summed E-state index contributed by atoms with van der Waals surface area (Å²) in [6.45, 7) is 6.20. The van der Waals surface area contributed by atoms with Crippen molar-refractivity contribution in [3.05, 3.63) is 34.9 Å². The lowest BCUT2D eigenvalue weighted by atomic mass is 9.85. The fraction of sp³-hybridized carbons (Fsp3) is 0.625. The molecule has 20 heavy (non-hydrogen) atoms. The first-order valence-corrected chi connectivity index (χ1v) is 8.00. The molecule has 110 valence electrons. The van der Waals surface area contributed by atoms with Gasteiger partial charge in [-0.1, -0.05) is 23.7 Å². The van der Waals surface area contributed by atoms with Gasteiger partial charge in [-0.25, -0.2) is 0 Å². The largest absolute Gasteiger partial charge is 0.381 e. The second-order valence-corrected chi connectivity index (χ2v) is 6.17. The van der Waals surface area contributed by atoms with Crippen LogP contribution < -0.4 is 5.32 Å². The average Bonchev–Trinajstić information content (AvgIpc) is 2.50. The Morgan fingerprint density at radius 1 is 1.20 bits per heavy atom. The molecule has 2 aliphatic rings. The van der Waals surface area contributed by atoms with Crippen LogP contribution in [0.5, 0.6) is 0 Å². The number of rotatable bonds is 3. The van der Waals surface area contributed by atoms with Gasteiger partial charge in [-0.2, -0.15) is 0 Å². The Kier molecular flexibility index (Phi) is 4.94. The van der Waals surface area contributed by atoms with Crippen molar-refractivity contribution in [1.82, 2.24) is 10.2 Å². The zero-order valence-electron chi connectivity index (χ0n) is 11.9. The molecule has 4 heteroatoms. The van der Waals surface area contributed by atoms with E-state index in [1.165, 1.54) is 5.56 Å². The van der Waals surface area contributed by atoms with E-state index < -0.39 is 0 Å². The van der Waals surface area contributed by atoms with Crippen molar-refractivity contribution in [2.24, 2.45) is 5.92 Å². The third kappa shape index (κ3) is 3.34. The summed E-state index contributed by atoms with van der Waals surface area (Å²) in [7, 11) is 0. The number of hydrogen-bond donors (Lipinski definition) is 1. The molecule has 2 saturated heterocycles. The summed E-state index contributed by atoms with van der Waals surface area (Å²) >= 11 is 6.21. The molecule has 1 aromatic carbocycles. The number of nitrogens with one attached hydrogen (secondary N) is 1. The number of benzene rings is 1. The van der Waals surface area contributed by atoms with Gasteiger partial charge in [-0.05, 0) is 36.5 Å². The SMILES string of the molecule is Clc1cccc([C@@H](C2CCOCC2)N2CCNCC2)c1. The standard InChI is InChI=1S/C16H23ClN2O/c17-15-3-1-2-14(12-15)16(13-4-10-20-11-5-13)19-8-6-18-7-9-19/h1-3,12-13,16,18H,4-11H2/t16-/m1/s1. The molecule has 0 spiro atoms. The molecule has 0 unspecified atom stereocenters. The van der Waals surface area contributed by atoms with Crippen molar-refractivity contribution >= 4 is 11.6 Å². The van der Waals surface area contributed by atoms with Gasteiger partial charge in [0.2, 0.25) is 0 Å². The highest BCUT2D eigenvalue weighted by molar-refractivity contribution is 6.30. The monoisotopic (exact) mass is 294 g/mol. The summed E-state index contributed by atoms with van der Waals surface area (Å²) < 4.78 is 5.54. The third-order valence-corrected chi connectivity index (χ3v) is 4.68. The topological polar surface area (TPSA) is 24.5 Å². The Hall–Kier alpha value is -0.610. The normalized spacial score (nSPS) is 23.6. The number of piperazine rings is 1. The van der Waals surface area contributed by atoms with Crippen molar-refractivity contribution in [2.45, 2.75) is 18.9 Å². The molecule has 0 bridgehead atoms. The lowest BCUT2D eigenvalue weighted by molar-refractivity contribution is 0.0213. The average molecular weight is 295 g/mol. The fourth-order valence-electron chi connectivity index (χ4n) is 3.46. The van der Waals surface area contributed by atoms with Crippen LogP contribution in [0.25, 0.3) is 0 Å². The van der Waals surface area contributed by atoms with E-state index in [0.29, 0.717) is 12.0 Å². The molecule has 0 radical (unpaired) electrons. The van der Waals surface area contributed by atoms with E-state index in [2.05, 4.69) is 28.4 Å². The Balaban J connectivity index is 1.85. The van der Waals surface area contributed by atoms with Crippen LogP contribution in [0.1, 0.15) is 24.4 Å². The Labute approximate surface area is 126 Å². The second-order valence-electron chi connectivity index (χ2n) is 5.74. The van der Waals surface area contributed by atoms with Crippen molar-refractivity contribution in [3.63, 3.8) is 0 Å². The molecule has 0 aromatic heterocycles. The van der Waals surface area contributed by atoms with Gasteiger partial charge in [-0.3, -0.25) is 4.90 Å². The molecular formula is C16H23ClN2O. The van der Waals surface area contributed by atoms with E-state index in [4.69, 9.17) is 16.3 Å². The third-order valence-electron chi connectivity index (χ3n) is 4.45. The highest BCUT2D eigenvalue weighted by Gasteiger charge is 2.31. The van der Waals surface area contributed by atoms with Crippen LogP contribution in [0.3, 0.4) is 0 Å². The summed E-state index contributed by atoms with van der Waals surface area (Å²) in [5.74, 6) is 0.681. The van der Waals surface area contributed by atoms with Crippen molar-refractivity contribution < 1.29 is 4.74 Å². The van der Waals surface area contributed by atoms with E-state index >= 15 is 0 Å². The van der Waals surface area contributed by atoms with Crippen LogP contribution in [-0.4, -0.2) is 44.3 Å². The molecule has 0 saturated carbocycles. The van der Waals surface area contributed by atoms with Crippen LogP contribution >= 0.6 is 11.6 Å². The molecule has 0 aliphatic carbocycles. The van der Waals surface area contributed by atoms with Gasteiger partial charge in [0, 0.05) is 50.5 Å². The van der Waals surface area contributed by atoms with Crippen LogP contribution in [0, 0.1) is 5.92 Å². The molecule has 1 atom stereocenters. The quantitative estimate of drug-likeness (QED) is 0.928. The Bertz CT molecular complexity index is 410. The number of ether oxygens (including phenoxy) is 1.